The molecular formula is C26H33N3O. The van der Waals surface area contributed by atoms with E-state index < -0.39 is 0 Å². The largest absolute Gasteiger partial charge is 0.396 e. The molecule has 1 atom stereocenters. The summed E-state index contributed by atoms with van der Waals surface area (Å²) in [6.45, 7) is 8.74. The maximum absolute atomic E-state index is 9.17. The Balaban J connectivity index is 1.71. The minimum absolute atomic E-state index is 0.128. The van der Waals surface area contributed by atoms with Crippen LogP contribution in [0.5, 0.6) is 0 Å². The van der Waals surface area contributed by atoms with Crippen molar-refractivity contribution < 1.29 is 5.11 Å². The Morgan fingerprint density at radius 2 is 1.63 bits per heavy atom. The highest BCUT2D eigenvalue weighted by Crippen LogP contribution is 2.20. The molecule has 3 aromatic rings. The second kappa shape index (κ2) is 10.4. The van der Waals surface area contributed by atoms with Gasteiger partial charge in [0.05, 0.1) is 0 Å². The fraction of sp³-hybridized carbons (Fsp3) is 0.423. The molecule has 0 aliphatic heterocycles. The molecule has 1 unspecified atom stereocenters. The van der Waals surface area contributed by atoms with Crippen LogP contribution in [0.15, 0.2) is 42.5 Å². The van der Waals surface area contributed by atoms with Crippen molar-refractivity contribution in [2.75, 3.05) is 6.61 Å². The molecule has 0 saturated heterocycles. The third-order valence-electron chi connectivity index (χ3n) is 5.53. The summed E-state index contributed by atoms with van der Waals surface area (Å²) in [5.41, 5.74) is 9.06. The Labute approximate surface area is 180 Å². The quantitative estimate of drug-likeness (QED) is 0.562. The Kier molecular flexibility index (Phi) is 7.69. The number of aromatic nitrogens is 3. The summed E-state index contributed by atoms with van der Waals surface area (Å²) in [5, 5.41) is 9.17. The molecule has 0 amide bonds. The minimum atomic E-state index is 0.128. The van der Waals surface area contributed by atoms with Crippen molar-refractivity contribution in [2.45, 2.75) is 65.7 Å². The van der Waals surface area contributed by atoms with Gasteiger partial charge in [0.25, 0.3) is 0 Å². The number of nitrogens with zero attached hydrogens (tertiary/aromatic N) is 3. The van der Waals surface area contributed by atoms with Crippen LogP contribution in [0.3, 0.4) is 0 Å². The molecule has 0 bridgehead atoms. The molecule has 4 nitrogen and oxygen atoms in total. The van der Waals surface area contributed by atoms with Gasteiger partial charge in [-0.05, 0) is 81.0 Å². The van der Waals surface area contributed by atoms with Gasteiger partial charge in [-0.3, -0.25) is 15.0 Å². The van der Waals surface area contributed by atoms with Gasteiger partial charge in [-0.2, -0.15) is 0 Å². The van der Waals surface area contributed by atoms with E-state index in [0.29, 0.717) is 6.42 Å². The van der Waals surface area contributed by atoms with Gasteiger partial charge in [0.1, 0.15) is 0 Å². The standard InChI is InChI=1S/C26H33N3O/c1-5-21-10-9-19(3)26(28-21)12-11-23-15-18(2)16-24(27-23)17-20(4)25-8-6-7-22(29-25)13-14-30/h6-10,15-16,20,30H,5,11-14,17H2,1-4H3. The van der Waals surface area contributed by atoms with Gasteiger partial charge in [0, 0.05) is 53.1 Å². The number of rotatable bonds is 9. The topological polar surface area (TPSA) is 58.9 Å². The average Bonchev–Trinajstić information content (AvgIpc) is 2.73. The van der Waals surface area contributed by atoms with Crippen molar-refractivity contribution >= 4 is 0 Å². The molecule has 0 radical (unpaired) electrons. The van der Waals surface area contributed by atoms with Gasteiger partial charge < -0.3 is 5.11 Å². The lowest BCUT2D eigenvalue weighted by Gasteiger charge is -2.14. The number of aliphatic hydroxyl groups is 1. The van der Waals surface area contributed by atoms with Crippen LogP contribution in [-0.4, -0.2) is 26.7 Å². The third kappa shape index (κ3) is 5.96. The Morgan fingerprint density at radius 3 is 2.40 bits per heavy atom. The fourth-order valence-corrected chi connectivity index (χ4v) is 3.81. The first-order valence-corrected chi connectivity index (χ1v) is 11.0. The predicted molar refractivity (Wildman–Crippen MR) is 122 cm³/mol. The van der Waals surface area contributed by atoms with Crippen LogP contribution in [0.4, 0.5) is 0 Å². The summed E-state index contributed by atoms with van der Waals surface area (Å²) >= 11 is 0. The van der Waals surface area contributed by atoms with Gasteiger partial charge in [0.15, 0.2) is 0 Å². The molecular weight excluding hydrogens is 370 g/mol. The molecule has 1 N–H and O–H groups in total. The number of aryl methyl sites for hydroxylation is 5. The zero-order valence-electron chi connectivity index (χ0n) is 18.7. The summed E-state index contributed by atoms with van der Waals surface area (Å²) in [6, 6.07) is 14.7. The summed E-state index contributed by atoms with van der Waals surface area (Å²) in [6.07, 6.45) is 4.22. The van der Waals surface area contributed by atoms with Gasteiger partial charge in [-0.25, -0.2) is 0 Å². The van der Waals surface area contributed by atoms with Crippen molar-refractivity contribution in [3.63, 3.8) is 0 Å². The molecule has 0 saturated carbocycles. The Bertz CT molecular complexity index is 984. The fourth-order valence-electron chi connectivity index (χ4n) is 3.81. The zero-order valence-corrected chi connectivity index (χ0v) is 18.7. The highest BCUT2D eigenvalue weighted by atomic mass is 16.3. The van der Waals surface area contributed by atoms with Crippen LogP contribution in [0, 0.1) is 13.8 Å². The second-order valence-electron chi connectivity index (χ2n) is 8.18. The van der Waals surface area contributed by atoms with Crippen molar-refractivity contribution in [3.05, 3.63) is 87.8 Å². The Morgan fingerprint density at radius 1 is 0.833 bits per heavy atom. The summed E-state index contributed by atoms with van der Waals surface area (Å²) in [5.74, 6) is 0.274. The van der Waals surface area contributed by atoms with Crippen LogP contribution < -0.4 is 0 Å². The smallest absolute Gasteiger partial charge is 0.0486 e. The van der Waals surface area contributed by atoms with Crippen molar-refractivity contribution in [3.8, 4) is 0 Å². The highest BCUT2D eigenvalue weighted by Gasteiger charge is 2.12. The van der Waals surface area contributed by atoms with E-state index in [1.165, 1.54) is 16.8 Å². The molecule has 0 fully saturated rings. The maximum atomic E-state index is 9.17. The van der Waals surface area contributed by atoms with Gasteiger partial charge in [-0.1, -0.05) is 26.0 Å². The molecule has 0 aliphatic carbocycles. The molecule has 30 heavy (non-hydrogen) atoms. The molecule has 0 aromatic carbocycles. The summed E-state index contributed by atoms with van der Waals surface area (Å²) in [7, 11) is 0. The first-order valence-electron chi connectivity index (χ1n) is 11.0. The average molecular weight is 404 g/mol. The third-order valence-corrected chi connectivity index (χ3v) is 5.53. The zero-order chi connectivity index (χ0) is 21.5. The van der Waals surface area contributed by atoms with Gasteiger partial charge in [-0.15, -0.1) is 0 Å². The normalized spacial score (nSPS) is 12.2. The van der Waals surface area contributed by atoms with E-state index in [9.17, 15) is 5.11 Å². The lowest BCUT2D eigenvalue weighted by Crippen LogP contribution is -2.07. The maximum Gasteiger partial charge on any atom is 0.0486 e. The molecule has 0 aliphatic rings. The van der Waals surface area contributed by atoms with Crippen molar-refractivity contribution in [1.82, 2.24) is 15.0 Å². The predicted octanol–water partition coefficient (Wildman–Crippen LogP) is 4.72. The molecule has 4 heteroatoms. The van der Waals surface area contributed by atoms with Crippen LogP contribution in [0.2, 0.25) is 0 Å². The van der Waals surface area contributed by atoms with Crippen LogP contribution in [-0.2, 0) is 32.1 Å². The number of pyridine rings is 3. The minimum Gasteiger partial charge on any atom is -0.396 e. The lowest BCUT2D eigenvalue weighted by molar-refractivity contribution is 0.298. The van der Waals surface area contributed by atoms with Crippen LogP contribution in [0.1, 0.15) is 65.1 Å². The van der Waals surface area contributed by atoms with Gasteiger partial charge in [0.2, 0.25) is 0 Å². The number of aliphatic hydroxyl groups excluding tert-OH is 1. The molecule has 3 rings (SSSR count). The molecule has 0 spiro atoms. The number of hydrogen-bond acceptors (Lipinski definition) is 4. The van der Waals surface area contributed by atoms with E-state index in [0.717, 1.165) is 54.2 Å². The van der Waals surface area contributed by atoms with Gasteiger partial charge >= 0.3 is 0 Å². The monoisotopic (exact) mass is 403 g/mol. The van der Waals surface area contributed by atoms with E-state index >= 15 is 0 Å². The molecule has 158 valence electrons. The van der Waals surface area contributed by atoms with Crippen molar-refractivity contribution in [2.24, 2.45) is 0 Å². The molecule has 3 heterocycles. The summed E-state index contributed by atoms with van der Waals surface area (Å²) in [4.78, 5) is 14.5. The first kappa shape index (κ1) is 22.1. The van der Waals surface area contributed by atoms with Crippen LogP contribution in [0.25, 0.3) is 0 Å². The SMILES string of the molecule is CCc1ccc(C)c(CCc2cc(C)cc(CC(C)c3cccc(CCO)n3)n2)n1. The van der Waals surface area contributed by atoms with Crippen molar-refractivity contribution in [1.29, 1.82) is 0 Å². The molecule has 3 aromatic heterocycles. The first-order chi connectivity index (χ1) is 14.5. The second-order valence-corrected chi connectivity index (χ2v) is 8.18. The van der Waals surface area contributed by atoms with Crippen LogP contribution >= 0.6 is 0 Å². The van der Waals surface area contributed by atoms with E-state index in [2.05, 4.69) is 58.0 Å². The van der Waals surface area contributed by atoms with E-state index in [1.54, 1.807) is 0 Å². The number of hydrogen-bond donors (Lipinski definition) is 1. The highest BCUT2D eigenvalue weighted by molar-refractivity contribution is 5.26. The summed E-state index contributed by atoms with van der Waals surface area (Å²) < 4.78 is 0. The lowest BCUT2D eigenvalue weighted by atomic mass is 9.98. The Hall–Kier alpha value is -2.59. The van der Waals surface area contributed by atoms with E-state index in [-0.39, 0.29) is 12.5 Å². The van der Waals surface area contributed by atoms with E-state index in [1.807, 2.05) is 12.1 Å². The van der Waals surface area contributed by atoms with E-state index in [4.69, 9.17) is 15.0 Å².